The number of nitrogens with zero attached hydrogens (tertiary/aromatic N) is 2. The molecule has 0 aliphatic heterocycles. The maximum Gasteiger partial charge on any atom is 0.283 e. The molecule has 25 heavy (non-hydrogen) atoms. The van der Waals surface area contributed by atoms with Crippen molar-refractivity contribution in [1.29, 1.82) is 0 Å². The van der Waals surface area contributed by atoms with Crippen LogP contribution in [-0.2, 0) is 6.54 Å². The summed E-state index contributed by atoms with van der Waals surface area (Å²) in [5.41, 5.74) is 1.33. The Kier molecular flexibility index (Phi) is 4.87. The minimum Gasteiger partial charge on any atom is -0.497 e. The van der Waals surface area contributed by atoms with Gasteiger partial charge in [0.1, 0.15) is 11.5 Å². The second kappa shape index (κ2) is 7.24. The molecular weight excluding hydrogens is 336 g/mol. The number of ether oxygens (including phenoxy) is 2. The SMILES string of the molecule is C#CCn1c(=NC(=O)c2ccc(OC)cc2OC)sc2ccccc21. The van der Waals surface area contributed by atoms with E-state index in [9.17, 15) is 4.79 Å². The maximum absolute atomic E-state index is 12.7. The van der Waals surface area contributed by atoms with Crippen LogP contribution in [0.5, 0.6) is 11.5 Å². The highest BCUT2D eigenvalue weighted by Gasteiger charge is 2.14. The van der Waals surface area contributed by atoms with Crippen molar-refractivity contribution in [2.24, 2.45) is 4.99 Å². The predicted molar refractivity (Wildman–Crippen MR) is 98.1 cm³/mol. The highest BCUT2D eigenvalue weighted by Crippen LogP contribution is 2.25. The number of rotatable bonds is 4. The number of carbonyl (C=O) groups excluding carboxylic acids is 1. The summed E-state index contributed by atoms with van der Waals surface area (Å²) in [4.78, 5) is 17.5. The third-order valence-electron chi connectivity index (χ3n) is 3.67. The van der Waals surface area contributed by atoms with E-state index < -0.39 is 5.91 Å². The number of hydrogen-bond acceptors (Lipinski definition) is 4. The molecule has 0 aliphatic rings. The van der Waals surface area contributed by atoms with Crippen molar-refractivity contribution >= 4 is 27.5 Å². The van der Waals surface area contributed by atoms with Gasteiger partial charge in [0.2, 0.25) is 0 Å². The topological polar surface area (TPSA) is 52.8 Å². The third kappa shape index (κ3) is 3.28. The molecule has 1 aromatic heterocycles. The fourth-order valence-corrected chi connectivity index (χ4v) is 3.50. The minimum absolute atomic E-state index is 0.343. The molecule has 0 N–H and O–H groups in total. The summed E-state index contributed by atoms with van der Waals surface area (Å²) < 4.78 is 13.3. The Labute approximate surface area is 149 Å². The molecule has 1 heterocycles. The monoisotopic (exact) mass is 352 g/mol. The van der Waals surface area contributed by atoms with E-state index in [4.69, 9.17) is 15.9 Å². The highest BCUT2D eigenvalue weighted by molar-refractivity contribution is 7.16. The van der Waals surface area contributed by atoms with Gasteiger partial charge in [0.15, 0.2) is 4.80 Å². The Morgan fingerprint density at radius 1 is 1.24 bits per heavy atom. The van der Waals surface area contributed by atoms with E-state index in [0.29, 0.717) is 28.4 Å². The van der Waals surface area contributed by atoms with Gasteiger partial charge in [0.25, 0.3) is 5.91 Å². The summed E-state index contributed by atoms with van der Waals surface area (Å²) in [5, 5.41) is 0. The summed E-state index contributed by atoms with van der Waals surface area (Å²) >= 11 is 1.42. The smallest absolute Gasteiger partial charge is 0.283 e. The summed E-state index contributed by atoms with van der Waals surface area (Å²) in [6.07, 6.45) is 5.47. The average Bonchev–Trinajstić information content (AvgIpc) is 2.98. The van der Waals surface area contributed by atoms with E-state index in [1.165, 1.54) is 18.4 Å². The predicted octanol–water partition coefficient (Wildman–Crippen LogP) is 3.09. The van der Waals surface area contributed by atoms with Gasteiger partial charge >= 0.3 is 0 Å². The normalized spacial score (nSPS) is 11.3. The van der Waals surface area contributed by atoms with Gasteiger partial charge in [-0.25, -0.2) is 0 Å². The lowest BCUT2D eigenvalue weighted by atomic mass is 10.2. The molecule has 2 aromatic carbocycles. The zero-order chi connectivity index (χ0) is 17.8. The van der Waals surface area contributed by atoms with E-state index >= 15 is 0 Å². The van der Waals surface area contributed by atoms with Gasteiger partial charge in [0, 0.05) is 6.07 Å². The Hall–Kier alpha value is -3.04. The van der Waals surface area contributed by atoms with E-state index in [0.717, 1.165) is 10.2 Å². The van der Waals surface area contributed by atoms with Crippen molar-refractivity contribution in [3.63, 3.8) is 0 Å². The first-order valence-electron chi connectivity index (χ1n) is 7.51. The molecule has 0 fully saturated rings. The van der Waals surface area contributed by atoms with E-state index in [2.05, 4.69) is 10.9 Å². The molecule has 0 aliphatic carbocycles. The molecule has 0 unspecified atom stereocenters. The van der Waals surface area contributed by atoms with Crippen LogP contribution in [0.15, 0.2) is 47.5 Å². The summed E-state index contributed by atoms with van der Waals surface area (Å²) in [7, 11) is 3.06. The average molecular weight is 352 g/mol. The summed E-state index contributed by atoms with van der Waals surface area (Å²) in [6.45, 7) is 0.343. The van der Waals surface area contributed by atoms with Crippen LogP contribution in [0.1, 0.15) is 10.4 Å². The zero-order valence-electron chi connectivity index (χ0n) is 13.9. The second-order valence-corrected chi connectivity index (χ2v) is 6.13. The Morgan fingerprint density at radius 3 is 2.76 bits per heavy atom. The Morgan fingerprint density at radius 2 is 2.04 bits per heavy atom. The number of para-hydroxylation sites is 1. The van der Waals surface area contributed by atoms with Crippen LogP contribution < -0.4 is 14.3 Å². The molecule has 0 saturated carbocycles. The molecule has 1 amide bonds. The van der Waals surface area contributed by atoms with Crippen LogP contribution in [0.2, 0.25) is 0 Å². The summed E-state index contributed by atoms with van der Waals surface area (Å²) in [5.74, 6) is 3.24. The number of carbonyl (C=O) groups is 1. The van der Waals surface area contributed by atoms with Crippen LogP contribution >= 0.6 is 11.3 Å². The van der Waals surface area contributed by atoms with Gasteiger partial charge in [-0.3, -0.25) is 4.79 Å². The van der Waals surface area contributed by atoms with E-state index in [1.54, 1.807) is 25.3 Å². The largest absolute Gasteiger partial charge is 0.497 e. The zero-order valence-corrected chi connectivity index (χ0v) is 14.7. The molecule has 6 heteroatoms. The first kappa shape index (κ1) is 16.8. The number of hydrogen-bond donors (Lipinski definition) is 0. The van der Waals surface area contributed by atoms with Gasteiger partial charge in [-0.15, -0.1) is 6.42 Å². The van der Waals surface area contributed by atoms with Crippen molar-refractivity contribution in [1.82, 2.24) is 4.57 Å². The first-order valence-corrected chi connectivity index (χ1v) is 8.32. The fourth-order valence-electron chi connectivity index (χ4n) is 2.47. The van der Waals surface area contributed by atoms with Gasteiger partial charge in [-0.1, -0.05) is 29.4 Å². The minimum atomic E-state index is -0.392. The summed E-state index contributed by atoms with van der Waals surface area (Å²) in [6, 6.07) is 12.8. The number of benzene rings is 2. The lowest BCUT2D eigenvalue weighted by Crippen LogP contribution is -2.16. The third-order valence-corrected chi connectivity index (χ3v) is 4.73. The molecule has 0 spiro atoms. The number of thiazole rings is 1. The maximum atomic E-state index is 12.7. The fraction of sp³-hybridized carbons (Fsp3) is 0.158. The quantitative estimate of drug-likeness (QED) is 0.678. The van der Waals surface area contributed by atoms with Crippen LogP contribution in [0.4, 0.5) is 0 Å². The number of amides is 1. The van der Waals surface area contributed by atoms with E-state index in [1.807, 2.05) is 28.8 Å². The number of fused-ring (bicyclic) bond motifs is 1. The Balaban J connectivity index is 2.12. The standard InChI is InChI=1S/C19H16N2O3S/c1-4-11-21-15-7-5-6-8-17(15)25-19(21)20-18(22)14-10-9-13(23-2)12-16(14)24-3/h1,5-10,12H,11H2,2-3H3. The van der Waals surface area contributed by atoms with Crippen LogP contribution in [-0.4, -0.2) is 24.7 Å². The van der Waals surface area contributed by atoms with Crippen molar-refractivity contribution in [2.45, 2.75) is 6.54 Å². The lowest BCUT2D eigenvalue weighted by molar-refractivity contribution is 0.0995. The molecular formula is C19H16N2O3S. The van der Waals surface area contributed by atoms with Crippen molar-refractivity contribution in [2.75, 3.05) is 14.2 Å². The van der Waals surface area contributed by atoms with Gasteiger partial charge in [-0.05, 0) is 24.3 Å². The number of methoxy groups -OCH3 is 2. The van der Waals surface area contributed by atoms with Crippen LogP contribution in [0.3, 0.4) is 0 Å². The van der Waals surface area contributed by atoms with Gasteiger partial charge in [-0.2, -0.15) is 4.99 Å². The van der Waals surface area contributed by atoms with Gasteiger partial charge < -0.3 is 14.0 Å². The second-order valence-electron chi connectivity index (χ2n) is 5.13. The van der Waals surface area contributed by atoms with Crippen LogP contribution in [0.25, 0.3) is 10.2 Å². The Bertz CT molecular complexity index is 1040. The molecule has 0 bridgehead atoms. The van der Waals surface area contributed by atoms with Crippen molar-refractivity contribution in [3.05, 3.63) is 52.8 Å². The van der Waals surface area contributed by atoms with E-state index in [-0.39, 0.29) is 0 Å². The van der Waals surface area contributed by atoms with Crippen LogP contribution in [0, 0.1) is 12.3 Å². The molecule has 0 radical (unpaired) electrons. The van der Waals surface area contributed by atoms with Crippen molar-refractivity contribution in [3.8, 4) is 23.8 Å². The van der Waals surface area contributed by atoms with Gasteiger partial charge in [0.05, 0.1) is 36.5 Å². The molecule has 0 atom stereocenters. The molecule has 3 rings (SSSR count). The molecule has 126 valence electrons. The lowest BCUT2D eigenvalue weighted by Gasteiger charge is -2.07. The van der Waals surface area contributed by atoms with Crippen molar-refractivity contribution < 1.29 is 14.3 Å². The molecule has 5 nitrogen and oxygen atoms in total. The molecule has 0 saturated heterocycles. The number of aromatic nitrogens is 1. The first-order chi connectivity index (χ1) is 12.2. The number of terminal acetylenes is 1. The highest BCUT2D eigenvalue weighted by atomic mass is 32.1. The molecule has 3 aromatic rings.